The van der Waals surface area contributed by atoms with E-state index in [1.807, 2.05) is 22.8 Å². The molecule has 1 aliphatic heterocycles. The number of nitrogens with zero attached hydrogens (tertiary/aromatic N) is 2. The van der Waals surface area contributed by atoms with E-state index in [-0.39, 0.29) is 11.7 Å². The van der Waals surface area contributed by atoms with Gasteiger partial charge in [0.05, 0.1) is 24.2 Å². The molecule has 0 radical (unpaired) electrons. The van der Waals surface area contributed by atoms with Crippen molar-refractivity contribution in [2.24, 2.45) is 0 Å². The highest BCUT2D eigenvalue weighted by molar-refractivity contribution is 5.77. The van der Waals surface area contributed by atoms with Gasteiger partial charge in [-0.25, -0.2) is 4.79 Å². The molecule has 1 aromatic carbocycles. The van der Waals surface area contributed by atoms with E-state index >= 15 is 0 Å². The summed E-state index contributed by atoms with van der Waals surface area (Å²) in [6.07, 6.45) is 2.19. The molecule has 5 heteroatoms. The van der Waals surface area contributed by atoms with Crippen LogP contribution in [0.2, 0.25) is 0 Å². The number of likely N-dealkylation sites (tertiary alicyclic amines) is 1. The first kappa shape index (κ1) is 12.3. The number of benzene rings is 1. The Balaban J connectivity index is 2.07. The Hall–Kier alpha value is -1.75. The number of imidazole rings is 1. The van der Waals surface area contributed by atoms with Gasteiger partial charge in [0, 0.05) is 12.6 Å². The standard InChI is InChI=1S/C14H19N3O2/c1-16-7-3-4-10(9-16)17-13-6-5-11(19-2)8-12(13)15-14(17)18/h5-6,8,10H,3-4,7,9H2,1-2H3,(H,15,18). The molecule has 1 saturated heterocycles. The minimum absolute atomic E-state index is 0.0245. The molecule has 1 atom stereocenters. The van der Waals surface area contributed by atoms with Crippen LogP contribution in [0.3, 0.4) is 0 Å². The highest BCUT2D eigenvalue weighted by Crippen LogP contribution is 2.25. The fraction of sp³-hybridized carbons (Fsp3) is 0.500. The maximum atomic E-state index is 12.2. The van der Waals surface area contributed by atoms with Gasteiger partial charge in [0.25, 0.3) is 0 Å². The zero-order valence-electron chi connectivity index (χ0n) is 11.3. The molecule has 0 aliphatic carbocycles. The molecule has 0 amide bonds. The summed E-state index contributed by atoms with van der Waals surface area (Å²) in [6, 6.07) is 5.99. The first-order chi connectivity index (χ1) is 9.19. The summed E-state index contributed by atoms with van der Waals surface area (Å²) in [5.41, 5.74) is 1.78. The van der Waals surface area contributed by atoms with Crippen molar-refractivity contribution in [3.8, 4) is 5.75 Å². The number of aromatic amines is 1. The quantitative estimate of drug-likeness (QED) is 0.893. The van der Waals surface area contributed by atoms with Gasteiger partial charge in [-0.2, -0.15) is 0 Å². The van der Waals surface area contributed by atoms with Crippen molar-refractivity contribution in [1.82, 2.24) is 14.5 Å². The van der Waals surface area contributed by atoms with Gasteiger partial charge >= 0.3 is 5.69 Å². The van der Waals surface area contributed by atoms with Crippen LogP contribution in [0.25, 0.3) is 11.0 Å². The molecule has 19 heavy (non-hydrogen) atoms. The average Bonchev–Trinajstić information content (AvgIpc) is 2.73. The van der Waals surface area contributed by atoms with Crippen molar-refractivity contribution < 1.29 is 4.74 Å². The van der Waals surface area contributed by atoms with Crippen molar-refractivity contribution in [3.05, 3.63) is 28.7 Å². The Morgan fingerprint density at radius 3 is 3.00 bits per heavy atom. The Morgan fingerprint density at radius 2 is 2.26 bits per heavy atom. The first-order valence-corrected chi connectivity index (χ1v) is 6.66. The minimum atomic E-state index is -0.0245. The maximum Gasteiger partial charge on any atom is 0.326 e. The molecule has 1 unspecified atom stereocenters. The summed E-state index contributed by atoms with van der Waals surface area (Å²) >= 11 is 0. The molecule has 0 spiro atoms. The van der Waals surface area contributed by atoms with Crippen molar-refractivity contribution >= 4 is 11.0 Å². The highest BCUT2D eigenvalue weighted by atomic mass is 16.5. The summed E-state index contributed by atoms with van der Waals surface area (Å²) in [5.74, 6) is 0.765. The Bertz CT molecular complexity index is 644. The molecular weight excluding hydrogens is 242 g/mol. The molecule has 102 valence electrons. The Kier molecular flexibility index (Phi) is 3.06. The topological polar surface area (TPSA) is 50.3 Å². The smallest absolute Gasteiger partial charge is 0.326 e. The monoisotopic (exact) mass is 261 g/mol. The Morgan fingerprint density at radius 1 is 1.42 bits per heavy atom. The third-order valence-corrected chi connectivity index (χ3v) is 3.89. The lowest BCUT2D eigenvalue weighted by Crippen LogP contribution is -2.36. The fourth-order valence-electron chi connectivity index (χ4n) is 2.95. The zero-order chi connectivity index (χ0) is 13.4. The van der Waals surface area contributed by atoms with Gasteiger partial charge < -0.3 is 14.6 Å². The van der Waals surface area contributed by atoms with Crippen molar-refractivity contribution in [3.63, 3.8) is 0 Å². The van der Waals surface area contributed by atoms with E-state index in [9.17, 15) is 4.79 Å². The van der Waals surface area contributed by atoms with Crippen LogP contribution in [0.15, 0.2) is 23.0 Å². The summed E-state index contributed by atoms with van der Waals surface area (Å²) in [4.78, 5) is 17.4. The molecule has 3 rings (SSSR count). The number of likely N-dealkylation sites (N-methyl/N-ethyl adjacent to an activating group) is 1. The molecule has 2 aromatic rings. The third kappa shape index (κ3) is 2.14. The van der Waals surface area contributed by atoms with Gasteiger partial charge in [0.2, 0.25) is 0 Å². The summed E-state index contributed by atoms with van der Waals surface area (Å²) < 4.78 is 7.09. The Labute approximate surface area is 111 Å². The van der Waals surface area contributed by atoms with E-state index in [0.29, 0.717) is 0 Å². The first-order valence-electron chi connectivity index (χ1n) is 6.66. The second-order valence-corrected chi connectivity index (χ2v) is 5.24. The summed E-state index contributed by atoms with van der Waals surface area (Å²) in [5, 5.41) is 0. The number of fused-ring (bicyclic) bond motifs is 1. The number of hydrogen-bond donors (Lipinski definition) is 1. The molecule has 1 N–H and O–H groups in total. The van der Waals surface area contributed by atoms with Crippen LogP contribution in [0.4, 0.5) is 0 Å². The molecule has 0 saturated carbocycles. The van der Waals surface area contributed by atoms with Crippen LogP contribution in [0.1, 0.15) is 18.9 Å². The predicted octanol–water partition coefficient (Wildman–Crippen LogP) is 1.60. The van der Waals surface area contributed by atoms with Crippen LogP contribution < -0.4 is 10.4 Å². The van der Waals surface area contributed by atoms with Gasteiger partial charge in [-0.1, -0.05) is 0 Å². The van der Waals surface area contributed by atoms with Crippen LogP contribution in [-0.2, 0) is 0 Å². The number of ether oxygens (including phenoxy) is 1. The lowest BCUT2D eigenvalue weighted by atomic mass is 10.1. The van der Waals surface area contributed by atoms with E-state index in [1.165, 1.54) is 0 Å². The van der Waals surface area contributed by atoms with Crippen LogP contribution in [0.5, 0.6) is 5.75 Å². The number of H-pyrrole nitrogens is 1. The second kappa shape index (κ2) is 4.74. The van der Waals surface area contributed by atoms with Gasteiger partial charge in [0.15, 0.2) is 0 Å². The minimum Gasteiger partial charge on any atom is -0.497 e. The van der Waals surface area contributed by atoms with E-state index in [0.717, 1.165) is 42.7 Å². The highest BCUT2D eigenvalue weighted by Gasteiger charge is 2.22. The largest absolute Gasteiger partial charge is 0.497 e. The number of nitrogens with one attached hydrogen (secondary N) is 1. The second-order valence-electron chi connectivity index (χ2n) is 5.24. The fourth-order valence-corrected chi connectivity index (χ4v) is 2.95. The number of methoxy groups -OCH3 is 1. The third-order valence-electron chi connectivity index (χ3n) is 3.89. The van der Waals surface area contributed by atoms with Crippen LogP contribution in [-0.4, -0.2) is 41.7 Å². The summed E-state index contributed by atoms with van der Waals surface area (Å²) in [7, 11) is 3.74. The van der Waals surface area contributed by atoms with Gasteiger partial charge in [-0.05, 0) is 38.6 Å². The number of piperidine rings is 1. The predicted molar refractivity (Wildman–Crippen MR) is 74.9 cm³/mol. The molecule has 2 heterocycles. The van der Waals surface area contributed by atoms with Crippen LogP contribution in [0, 0.1) is 0 Å². The van der Waals surface area contributed by atoms with Gasteiger partial charge in [-0.3, -0.25) is 4.57 Å². The zero-order valence-corrected chi connectivity index (χ0v) is 11.3. The van der Waals surface area contributed by atoms with Gasteiger partial charge in [0.1, 0.15) is 5.75 Å². The van der Waals surface area contributed by atoms with Crippen LogP contribution >= 0.6 is 0 Å². The molecule has 0 bridgehead atoms. The van der Waals surface area contributed by atoms with Crippen molar-refractivity contribution in [2.75, 3.05) is 27.2 Å². The van der Waals surface area contributed by atoms with E-state index in [1.54, 1.807) is 7.11 Å². The molecule has 1 aromatic heterocycles. The average molecular weight is 261 g/mol. The van der Waals surface area contributed by atoms with E-state index in [4.69, 9.17) is 4.74 Å². The summed E-state index contributed by atoms with van der Waals surface area (Å²) in [6.45, 7) is 2.04. The normalized spacial score (nSPS) is 20.8. The molecule has 1 aliphatic rings. The van der Waals surface area contributed by atoms with Crippen molar-refractivity contribution in [1.29, 1.82) is 0 Å². The van der Waals surface area contributed by atoms with E-state index in [2.05, 4.69) is 16.9 Å². The molecule has 5 nitrogen and oxygen atoms in total. The lowest BCUT2D eigenvalue weighted by Gasteiger charge is -2.30. The lowest BCUT2D eigenvalue weighted by molar-refractivity contribution is 0.212. The van der Waals surface area contributed by atoms with Crippen molar-refractivity contribution in [2.45, 2.75) is 18.9 Å². The number of rotatable bonds is 2. The van der Waals surface area contributed by atoms with Gasteiger partial charge in [-0.15, -0.1) is 0 Å². The maximum absolute atomic E-state index is 12.2. The van der Waals surface area contributed by atoms with E-state index < -0.39 is 0 Å². The SMILES string of the molecule is COc1ccc2c(c1)[nH]c(=O)n2C1CCCN(C)C1. The molecule has 1 fully saturated rings. The number of aromatic nitrogens is 2. The number of hydrogen-bond acceptors (Lipinski definition) is 3. The molecular formula is C14H19N3O2.